The first-order valence-corrected chi connectivity index (χ1v) is 10.5. The van der Waals surface area contributed by atoms with Crippen LogP contribution in [-0.4, -0.2) is 43.9 Å². The zero-order valence-electron chi connectivity index (χ0n) is 15.4. The van der Waals surface area contributed by atoms with Crippen LogP contribution in [0.5, 0.6) is 0 Å². The summed E-state index contributed by atoms with van der Waals surface area (Å²) in [6.07, 6.45) is -0.496. The summed E-state index contributed by atoms with van der Waals surface area (Å²) < 4.78 is 46.1. The number of hydrogen-bond donors (Lipinski definition) is 1. The molecule has 1 heterocycles. The van der Waals surface area contributed by atoms with Crippen molar-refractivity contribution in [2.24, 2.45) is 0 Å². The van der Waals surface area contributed by atoms with E-state index >= 15 is 0 Å². The molecule has 28 heavy (non-hydrogen) atoms. The second kappa shape index (κ2) is 8.16. The van der Waals surface area contributed by atoms with Gasteiger partial charge >= 0.3 is 0 Å². The molecule has 2 atom stereocenters. The Morgan fingerprint density at radius 2 is 1.75 bits per heavy atom. The SMILES string of the molecule is C[C@@H]1CN(S(=O)(=O)c2cc(C(=O)Nc3ccc(F)cc3)ccc2Cl)C[C@H](C)O1. The Labute approximate surface area is 168 Å². The highest BCUT2D eigenvalue weighted by molar-refractivity contribution is 7.89. The second-order valence-electron chi connectivity index (χ2n) is 6.69. The first-order chi connectivity index (χ1) is 13.2. The van der Waals surface area contributed by atoms with E-state index in [-0.39, 0.29) is 40.8 Å². The molecular formula is C19H20ClFN2O4S. The zero-order chi connectivity index (χ0) is 20.5. The molecule has 0 unspecified atom stereocenters. The third-order valence-electron chi connectivity index (χ3n) is 4.30. The molecule has 0 aromatic heterocycles. The van der Waals surface area contributed by atoms with Gasteiger partial charge in [-0.25, -0.2) is 12.8 Å². The monoisotopic (exact) mass is 426 g/mol. The maximum atomic E-state index is 13.1. The van der Waals surface area contributed by atoms with Crippen LogP contribution in [0, 0.1) is 5.82 Å². The minimum absolute atomic E-state index is 0.0325. The highest BCUT2D eigenvalue weighted by Gasteiger charge is 2.33. The van der Waals surface area contributed by atoms with Crippen molar-refractivity contribution in [3.63, 3.8) is 0 Å². The predicted molar refractivity (Wildman–Crippen MR) is 105 cm³/mol. The summed E-state index contributed by atoms with van der Waals surface area (Å²) in [5.41, 5.74) is 0.517. The number of carbonyl (C=O) groups is 1. The summed E-state index contributed by atoms with van der Waals surface area (Å²) in [4.78, 5) is 12.4. The summed E-state index contributed by atoms with van der Waals surface area (Å²) in [5.74, 6) is -0.949. The third-order valence-corrected chi connectivity index (χ3v) is 6.61. The van der Waals surface area contributed by atoms with Gasteiger partial charge in [-0.05, 0) is 56.3 Å². The lowest BCUT2D eigenvalue weighted by Crippen LogP contribution is -2.48. The topological polar surface area (TPSA) is 75.7 Å². The standard InChI is InChI=1S/C19H20ClFN2O4S/c1-12-10-23(11-13(2)27-12)28(25,26)18-9-14(3-8-17(18)20)19(24)22-16-6-4-15(21)5-7-16/h3-9,12-13H,10-11H2,1-2H3,(H,22,24)/t12-,13+. The molecule has 0 aliphatic carbocycles. The van der Waals surface area contributed by atoms with Crippen LogP contribution in [0.3, 0.4) is 0 Å². The molecule has 1 fully saturated rings. The molecule has 6 nitrogen and oxygen atoms in total. The summed E-state index contributed by atoms with van der Waals surface area (Å²) in [6.45, 7) is 4.00. The van der Waals surface area contributed by atoms with E-state index in [2.05, 4.69) is 5.32 Å². The van der Waals surface area contributed by atoms with Crippen molar-refractivity contribution in [1.29, 1.82) is 0 Å². The summed E-state index contributed by atoms with van der Waals surface area (Å²) in [7, 11) is -3.90. The lowest BCUT2D eigenvalue weighted by atomic mass is 10.2. The first kappa shape index (κ1) is 20.7. The number of hydrogen-bond acceptors (Lipinski definition) is 4. The van der Waals surface area contributed by atoms with E-state index in [0.29, 0.717) is 5.69 Å². The molecule has 1 saturated heterocycles. The van der Waals surface area contributed by atoms with Crippen molar-refractivity contribution in [2.45, 2.75) is 31.0 Å². The van der Waals surface area contributed by atoms with Crippen molar-refractivity contribution in [3.8, 4) is 0 Å². The van der Waals surface area contributed by atoms with Gasteiger partial charge < -0.3 is 10.1 Å². The van der Waals surface area contributed by atoms with E-state index in [1.807, 2.05) is 0 Å². The lowest BCUT2D eigenvalue weighted by molar-refractivity contribution is -0.0440. The summed E-state index contributed by atoms with van der Waals surface area (Å²) >= 11 is 6.14. The Morgan fingerprint density at radius 3 is 2.36 bits per heavy atom. The molecule has 2 aromatic rings. The average Bonchev–Trinajstić information content (AvgIpc) is 2.63. The van der Waals surface area contributed by atoms with Gasteiger partial charge in [-0.15, -0.1) is 0 Å². The fraction of sp³-hybridized carbons (Fsp3) is 0.316. The molecule has 1 aliphatic rings. The number of benzene rings is 2. The highest BCUT2D eigenvalue weighted by atomic mass is 35.5. The van der Waals surface area contributed by atoms with E-state index in [4.69, 9.17) is 16.3 Å². The molecule has 3 rings (SSSR count). The maximum absolute atomic E-state index is 13.1. The largest absolute Gasteiger partial charge is 0.373 e. The van der Waals surface area contributed by atoms with Gasteiger partial charge in [0.1, 0.15) is 10.7 Å². The molecule has 0 spiro atoms. The van der Waals surface area contributed by atoms with Crippen molar-refractivity contribution in [2.75, 3.05) is 18.4 Å². The van der Waals surface area contributed by atoms with E-state index in [0.717, 1.165) is 0 Å². The minimum Gasteiger partial charge on any atom is -0.373 e. The summed E-state index contributed by atoms with van der Waals surface area (Å²) in [5, 5.41) is 2.63. The van der Waals surface area contributed by atoms with Crippen LogP contribution in [0.15, 0.2) is 47.4 Å². The Hall–Kier alpha value is -2.00. The molecule has 9 heteroatoms. The number of nitrogens with one attached hydrogen (secondary N) is 1. The van der Waals surface area contributed by atoms with Crippen LogP contribution in [0.1, 0.15) is 24.2 Å². The highest BCUT2D eigenvalue weighted by Crippen LogP contribution is 2.28. The molecule has 1 amide bonds. The normalized spacial score (nSPS) is 20.7. The number of morpholine rings is 1. The number of amides is 1. The smallest absolute Gasteiger partial charge is 0.255 e. The average molecular weight is 427 g/mol. The molecular weight excluding hydrogens is 407 g/mol. The van der Waals surface area contributed by atoms with Crippen LogP contribution in [0.25, 0.3) is 0 Å². The van der Waals surface area contributed by atoms with Gasteiger partial charge in [0.15, 0.2) is 0 Å². The van der Waals surface area contributed by atoms with Crippen LogP contribution in [0.4, 0.5) is 10.1 Å². The van der Waals surface area contributed by atoms with Crippen molar-refractivity contribution < 1.29 is 22.3 Å². The molecule has 0 bridgehead atoms. The number of halogens is 2. The Bertz CT molecular complexity index is 972. The van der Waals surface area contributed by atoms with Crippen LogP contribution in [-0.2, 0) is 14.8 Å². The Balaban J connectivity index is 1.88. The van der Waals surface area contributed by atoms with E-state index < -0.39 is 21.7 Å². The van der Waals surface area contributed by atoms with Crippen molar-refractivity contribution in [1.82, 2.24) is 4.31 Å². The number of sulfonamides is 1. The fourth-order valence-electron chi connectivity index (χ4n) is 3.04. The minimum atomic E-state index is -3.90. The van der Waals surface area contributed by atoms with Crippen LogP contribution in [0.2, 0.25) is 5.02 Å². The van der Waals surface area contributed by atoms with Gasteiger partial charge in [-0.2, -0.15) is 4.31 Å². The van der Waals surface area contributed by atoms with Gasteiger partial charge in [-0.3, -0.25) is 4.79 Å². The first-order valence-electron chi connectivity index (χ1n) is 8.69. The van der Waals surface area contributed by atoms with Gasteiger partial charge in [0.25, 0.3) is 5.91 Å². The van der Waals surface area contributed by atoms with Crippen LogP contribution >= 0.6 is 11.6 Å². The third kappa shape index (κ3) is 4.52. The molecule has 0 radical (unpaired) electrons. The van der Waals surface area contributed by atoms with Crippen molar-refractivity contribution in [3.05, 3.63) is 58.9 Å². The quantitative estimate of drug-likeness (QED) is 0.811. The predicted octanol–water partition coefficient (Wildman–Crippen LogP) is 3.53. The molecule has 1 N–H and O–H groups in total. The number of ether oxygens (including phenoxy) is 1. The lowest BCUT2D eigenvalue weighted by Gasteiger charge is -2.34. The zero-order valence-corrected chi connectivity index (χ0v) is 16.9. The molecule has 2 aromatic carbocycles. The number of nitrogens with zero attached hydrogens (tertiary/aromatic N) is 1. The van der Waals surface area contributed by atoms with Gasteiger partial charge in [0.05, 0.1) is 17.2 Å². The van der Waals surface area contributed by atoms with E-state index in [1.165, 1.54) is 46.8 Å². The molecule has 0 saturated carbocycles. The van der Waals surface area contributed by atoms with E-state index in [9.17, 15) is 17.6 Å². The number of rotatable bonds is 4. The van der Waals surface area contributed by atoms with E-state index in [1.54, 1.807) is 13.8 Å². The number of anilines is 1. The second-order valence-corrected chi connectivity index (χ2v) is 9.00. The molecule has 150 valence electrons. The fourth-order valence-corrected chi connectivity index (χ4v) is 5.14. The summed E-state index contributed by atoms with van der Waals surface area (Å²) in [6, 6.07) is 9.32. The van der Waals surface area contributed by atoms with Crippen LogP contribution < -0.4 is 5.32 Å². The van der Waals surface area contributed by atoms with Gasteiger partial charge in [0, 0.05) is 24.3 Å². The molecule has 1 aliphatic heterocycles. The van der Waals surface area contributed by atoms with Gasteiger partial charge in [0.2, 0.25) is 10.0 Å². The maximum Gasteiger partial charge on any atom is 0.255 e. The van der Waals surface area contributed by atoms with Crippen molar-refractivity contribution >= 4 is 33.2 Å². The number of carbonyl (C=O) groups excluding carboxylic acids is 1. The Kier molecular flexibility index (Phi) is 6.04. The van der Waals surface area contributed by atoms with Gasteiger partial charge in [-0.1, -0.05) is 11.6 Å². The Morgan fingerprint density at radius 1 is 1.14 bits per heavy atom.